The van der Waals surface area contributed by atoms with Crippen molar-refractivity contribution in [2.75, 3.05) is 18.8 Å². The number of nitrogen functional groups attached to an aromatic ring is 1. The summed E-state index contributed by atoms with van der Waals surface area (Å²) in [5.41, 5.74) is 8.86. The molecule has 1 unspecified atom stereocenters. The second-order valence-corrected chi connectivity index (χ2v) is 5.61. The third-order valence-corrected chi connectivity index (χ3v) is 4.21. The van der Waals surface area contributed by atoms with Crippen LogP contribution in [0.25, 0.3) is 0 Å². The molecule has 1 heterocycles. The van der Waals surface area contributed by atoms with E-state index in [0.717, 1.165) is 25.1 Å². The van der Waals surface area contributed by atoms with Crippen molar-refractivity contribution in [3.05, 3.63) is 65.7 Å². The van der Waals surface area contributed by atoms with Gasteiger partial charge in [0.25, 0.3) is 0 Å². The fourth-order valence-corrected chi connectivity index (χ4v) is 2.95. The third kappa shape index (κ3) is 3.07. The fraction of sp³-hybridized carbons (Fsp3) is 0.278. The van der Waals surface area contributed by atoms with Crippen LogP contribution in [0.2, 0.25) is 0 Å². The van der Waals surface area contributed by atoms with Gasteiger partial charge in [-0.2, -0.15) is 0 Å². The summed E-state index contributed by atoms with van der Waals surface area (Å²) < 4.78 is 0. The lowest BCUT2D eigenvalue weighted by atomic mass is 9.99. The number of carbonyl (C=O) groups excluding carboxylic acids is 1. The number of benzene rings is 2. The van der Waals surface area contributed by atoms with Gasteiger partial charge in [0, 0.05) is 24.7 Å². The number of rotatable bonds is 3. The van der Waals surface area contributed by atoms with Crippen LogP contribution in [0.3, 0.4) is 0 Å². The molecule has 0 radical (unpaired) electrons. The monoisotopic (exact) mass is 280 g/mol. The average Bonchev–Trinajstić information content (AvgIpc) is 3.00. The van der Waals surface area contributed by atoms with Crippen LogP contribution in [0.4, 0.5) is 5.69 Å². The molecule has 1 saturated heterocycles. The lowest BCUT2D eigenvalue weighted by Crippen LogP contribution is -2.30. The van der Waals surface area contributed by atoms with Gasteiger partial charge in [-0.05, 0) is 23.6 Å². The second kappa shape index (κ2) is 6.00. The van der Waals surface area contributed by atoms with Gasteiger partial charge in [-0.1, -0.05) is 48.5 Å². The molecule has 1 atom stereocenters. The maximum absolute atomic E-state index is 12.4. The van der Waals surface area contributed by atoms with E-state index in [0.29, 0.717) is 18.0 Å². The number of carbonyl (C=O) groups is 1. The van der Waals surface area contributed by atoms with Crippen molar-refractivity contribution in [3.8, 4) is 0 Å². The van der Waals surface area contributed by atoms with Crippen LogP contribution >= 0.6 is 0 Å². The smallest absolute Gasteiger partial charge is 0.227 e. The summed E-state index contributed by atoms with van der Waals surface area (Å²) in [6.07, 6.45) is 1.44. The van der Waals surface area contributed by atoms with E-state index >= 15 is 0 Å². The highest BCUT2D eigenvalue weighted by molar-refractivity contribution is 5.80. The molecule has 0 aromatic heterocycles. The van der Waals surface area contributed by atoms with Crippen LogP contribution in [-0.4, -0.2) is 23.9 Å². The Balaban J connectivity index is 1.64. The number of amides is 1. The molecule has 0 saturated carbocycles. The highest BCUT2D eigenvalue weighted by Gasteiger charge is 2.27. The van der Waals surface area contributed by atoms with Gasteiger partial charge in [-0.25, -0.2) is 0 Å². The van der Waals surface area contributed by atoms with Gasteiger partial charge in [0.2, 0.25) is 5.91 Å². The number of nitrogens with two attached hydrogens (primary N) is 1. The minimum absolute atomic E-state index is 0.173. The third-order valence-electron chi connectivity index (χ3n) is 4.21. The van der Waals surface area contributed by atoms with Crippen LogP contribution in [-0.2, 0) is 11.2 Å². The molecule has 2 N–H and O–H groups in total. The largest absolute Gasteiger partial charge is 0.398 e. The molecule has 0 bridgehead atoms. The van der Waals surface area contributed by atoms with E-state index in [4.69, 9.17) is 5.73 Å². The molecule has 1 aliphatic rings. The number of nitrogens with zero attached hydrogens (tertiary/aromatic N) is 1. The van der Waals surface area contributed by atoms with Gasteiger partial charge in [0.05, 0.1) is 6.42 Å². The summed E-state index contributed by atoms with van der Waals surface area (Å²) in [5.74, 6) is 0.634. The predicted molar refractivity (Wildman–Crippen MR) is 84.9 cm³/mol. The SMILES string of the molecule is Nc1ccccc1CC(=O)N1CCC(c2ccccc2)C1. The van der Waals surface area contributed by atoms with E-state index in [-0.39, 0.29) is 5.91 Å². The van der Waals surface area contributed by atoms with Crippen molar-refractivity contribution < 1.29 is 4.79 Å². The summed E-state index contributed by atoms with van der Waals surface area (Å²) in [6, 6.07) is 18.0. The Morgan fingerprint density at radius 3 is 2.57 bits per heavy atom. The molecule has 0 spiro atoms. The second-order valence-electron chi connectivity index (χ2n) is 5.61. The first-order valence-corrected chi connectivity index (χ1v) is 7.40. The summed E-state index contributed by atoms with van der Waals surface area (Å²) in [7, 11) is 0. The normalized spacial score (nSPS) is 17.9. The first-order valence-electron chi connectivity index (χ1n) is 7.40. The summed E-state index contributed by atoms with van der Waals surface area (Å²) in [6.45, 7) is 1.65. The number of hydrogen-bond donors (Lipinski definition) is 1. The van der Waals surface area contributed by atoms with E-state index in [1.54, 1.807) is 0 Å². The first kappa shape index (κ1) is 13.7. The van der Waals surface area contributed by atoms with Crippen molar-refractivity contribution in [1.82, 2.24) is 4.90 Å². The minimum Gasteiger partial charge on any atom is -0.398 e. The van der Waals surface area contributed by atoms with Gasteiger partial charge in [-0.3, -0.25) is 4.79 Å². The zero-order chi connectivity index (χ0) is 14.7. The van der Waals surface area contributed by atoms with Crippen molar-refractivity contribution >= 4 is 11.6 Å². The van der Waals surface area contributed by atoms with Gasteiger partial charge in [-0.15, -0.1) is 0 Å². The van der Waals surface area contributed by atoms with Crippen LogP contribution in [0.15, 0.2) is 54.6 Å². The summed E-state index contributed by atoms with van der Waals surface area (Å²) in [5, 5.41) is 0. The highest BCUT2D eigenvalue weighted by atomic mass is 16.2. The lowest BCUT2D eigenvalue weighted by Gasteiger charge is -2.17. The van der Waals surface area contributed by atoms with E-state index in [1.807, 2.05) is 35.2 Å². The fourth-order valence-electron chi connectivity index (χ4n) is 2.95. The number of para-hydroxylation sites is 1. The van der Waals surface area contributed by atoms with Crippen LogP contribution < -0.4 is 5.73 Å². The minimum atomic E-state index is 0.173. The topological polar surface area (TPSA) is 46.3 Å². The Morgan fingerprint density at radius 2 is 1.81 bits per heavy atom. The number of anilines is 1. The Hall–Kier alpha value is -2.29. The molecule has 1 fully saturated rings. The van der Waals surface area contributed by atoms with E-state index in [2.05, 4.69) is 24.3 Å². The van der Waals surface area contributed by atoms with E-state index in [9.17, 15) is 4.79 Å². The van der Waals surface area contributed by atoms with Gasteiger partial charge in [0.1, 0.15) is 0 Å². The van der Waals surface area contributed by atoms with E-state index in [1.165, 1.54) is 5.56 Å². The lowest BCUT2D eigenvalue weighted by molar-refractivity contribution is -0.129. The van der Waals surface area contributed by atoms with Gasteiger partial charge >= 0.3 is 0 Å². The summed E-state index contributed by atoms with van der Waals surface area (Å²) in [4.78, 5) is 14.4. The Morgan fingerprint density at radius 1 is 1.10 bits per heavy atom. The molecular weight excluding hydrogens is 260 g/mol. The molecule has 2 aromatic rings. The van der Waals surface area contributed by atoms with Crippen molar-refractivity contribution in [2.24, 2.45) is 0 Å². The highest BCUT2D eigenvalue weighted by Crippen LogP contribution is 2.27. The maximum Gasteiger partial charge on any atom is 0.227 e. The molecule has 21 heavy (non-hydrogen) atoms. The quantitative estimate of drug-likeness (QED) is 0.879. The molecule has 1 amide bonds. The van der Waals surface area contributed by atoms with Crippen molar-refractivity contribution in [1.29, 1.82) is 0 Å². The maximum atomic E-state index is 12.4. The standard InChI is InChI=1S/C18H20N2O/c19-17-9-5-4-8-15(17)12-18(21)20-11-10-16(13-20)14-6-2-1-3-7-14/h1-9,16H,10-13,19H2. The molecule has 0 aliphatic carbocycles. The van der Waals surface area contributed by atoms with Crippen molar-refractivity contribution in [2.45, 2.75) is 18.8 Å². The zero-order valence-electron chi connectivity index (χ0n) is 12.0. The van der Waals surface area contributed by atoms with Gasteiger partial charge in [0.15, 0.2) is 0 Å². The Labute approximate surface area is 125 Å². The molecule has 3 nitrogen and oxygen atoms in total. The number of likely N-dealkylation sites (tertiary alicyclic amines) is 1. The Kier molecular flexibility index (Phi) is 3.91. The summed E-state index contributed by atoms with van der Waals surface area (Å²) >= 11 is 0. The average molecular weight is 280 g/mol. The van der Waals surface area contributed by atoms with Crippen molar-refractivity contribution in [3.63, 3.8) is 0 Å². The van der Waals surface area contributed by atoms with E-state index < -0.39 is 0 Å². The molecule has 3 heteroatoms. The molecule has 1 aliphatic heterocycles. The molecule has 108 valence electrons. The molecular formula is C18H20N2O. The van der Waals surface area contributed by atoms with Gasteiger partial charge < -0.3 is 10.6 Å². The molecule has 3 rings (SSSR count). The predicted octanol–water partition coefficient (Wildman–Crippen LogP) is 2.83. The van der Waals surface area contributed by atoms with Crippen LogP contribution in [0.5, 0.6) is 0 Å². The van der Waals surface area contributed by atoms with Crippen LogP contribution in [0.1, 0.15) is 23.5 Å². The molecule has 2 aromatic carbocycles. The van der Waals surface area contributed by atoms with Crippen LogP contribution in [0, 0.1) is 0 Å². The Bertz CT molecular complexity index is 624. The number of hydrogen-bond acceptors (Lipinski definition) is 2. The zero-order valence-corrected chi connectivity index (χ0v) is 12.0. The first-order chi connectivity index (χ1) is 10.2.